The van der Waals surface area contributed by atoms with Crippen LogP contribution >= 0.6 is 22.9 Å². The third kappa shape index (κ3) is 2.77. The Bertz CT molecular complexity index is 440. The molecule has 0 aromatic carbocycles. The molecular weight excluding hydrogens is 234 g/mol. The van der Waals surface area contributed by atoms with E-state index in [0.717, 1.165) is 14.9 Å². The van der Waals surface area contributed by atoms with Gasteiger partial charge in [0, 0.05) is 24.1 Å². The van der Waals surface area contributed by atoms with Crippen molar-refractivity contribution in [2.75, 3.05) is 6.61 Å². The van der Waals surface area contributed by atoms with E-state index in [1.807, 2.05) is 18.3 Å². The average molecular weight is 244 g/mol. The molecule has 0 aliphatic rings. The number of rotatable bonds is 4. The first-order chi connectivity index (χ1) is 7.28. The third-order valence-electron chi connectivity index (χ3n) is 1.90. The van der Waals surface area contributed by atoms with E-state index in [2.05, 4.69) is 10.3 Å². The van der Waals surface area contributed by atoms with Crippen molar-refractivity contribution in [1.29, 1.82) is 0 Å². The zero-order valence-electron chi connectivity index (χ0n) is 7.93. The van der Waals surface area contributed by atoms with Gasteiger partial charge in [0.05, 0.1) is 16.6 Å². The Morgan fingerprint density at radius 2 is 2.33 bits per heavy atom. The molecule has 6 heteroatoms. The molecule has 0 atom stereocenters. The van der Waals surface area contributed by atoms with Gasteiger partial charge in [0.2, 0.25) is 0 Å². The molecule has 0 aliphatic heterocycles. The van der Waals surface area contributed by atoms with Crippen molar-refractivity contribution in [2.45, 2.75) is 13.0 Å². The van der Waals surface area contributed by atoms with Gasteiger partial charge in [-0.1, -0.05) is 16.8 Å². The van der Waals surface area contributed by atoms with E-state index in [9.17, 15) is 0 Å². The van der Waals surface area contributed by atoms with Gasteiger partial charge in [0.25, 0.3) is 0 Å². The summed E-state index contributed by atoms with van der Waals surface area (Å²) in [4.78, 5) is 1.14. The van der Waals surface area contributed by atoms with Crippen molar-refractivity contribution >= 4 is 22.9 Å². The molecular formula is C9H10ClN3OS. The first kappa shape index (κ1) is 10.6. The third-order valence-corrected chi connectivity index (χ3v) is 3.12. The maximum absolute atomic E-state index is 8.73. The SMILES string of the molecule is OCCc1cn(Cc2ccc(Cl)s2)nn1. The molecule has 0 aliphatic carbocycles. The quantitative estimate of drug-likeness (QED) is 0.887. The Hall–Kier alpha value is -0.910. The normalized spacial score (nSPS) is 10.8. The van der Waals surface area contributed by atoms with Crippen molar-refractivity contribution < 1.29 is 5.11 Å². The summed E-state index contributed by atoms with van der Waals surface area (Å²) in [6, 6.07) is 3.84. The van der Waals surface area contributed by atoms with Crippen molar-refractivity contribution in [1.82, 2.24) is 15.0 Å². The van der Waals surface area contributed by atoms with Gasteiger partial charge >= 0.3 is 0 Å². The minimum Gasteiger partial charge on any atom is -0.396 e. The molecule has 0 fully saturated rings. The van der Waals surface area contributed by atoms with E-state index in [-0.39, 0.29) is 6.61 Å². The Balaban J connectivity index is 2.04. The van der Waals surface area contributed by atoms with E-state index in [1.165, 1.54) is 11.3 Å². The van der Waals surface area contributed by atoms with Crippen molar-refractivity contribution in [3.63, 3.8) is 0 Å². The van der Waals surface area contributed by atoms with Crippen LogP contribution in [0.3, 0.4) is 0 Å². The van der Waals surface area contributed by atoms with Gasteiger partial charge in [-0.25, -0.2) is 4.68 Å². The summed E-state index contributed by atoms with van der Waals surface area (Å²) in [6.45, 7) is 0.777. The molecule has 0 amide bonds. The van der Waals surface area contributed by atoms with Crippen molar-refractivity contribution in [2.24, 2.45) is 0 Å². The molecule has 2 heterocycles. The van der Waals surface area contributed by atoms with Crippen LogP contribution in [0.2, 0.25) is 4.34 Å². The van der Waals surface area contributed by atoms with Crippen molar-refractivity contribution in [3.8, 4) is 0 Å². The Morgan fingerprint density at radius 3 is 3.00 bits per heavy atom. The molecule has 0 unspecified atom stereocenters. The number of hydrogen-bond acceptors (Lipinski definition) is 4. The lowest BCUT2D eigenvalue weighted by atomic mass is 10.3. The molecule has 0 bridgehead atoms. The van der Waals surface area contributed by atoms with E-state index in [4.69, 9.17) is 16.7 Å². The van der Waals surface area contributed by atoms with Crippen LogP contribution in [0, 0.1) is 0 Å². The number of nitrogens with zero attached hydrogens (tertiary/aromatic N) is 3. The zero-order chi connectivity index (χ0) is 10.7. The molecule has 0 saturated carbocycles. The second kappa shape index (κ2) is 4.74. The van der Waals surface area contributed by atoms with Crippen LogP contribution in [-0.4, -0.2) is 26.7 Å². The lowest BCUT2D eigenvalue weighted by Crippen LogP contribution is -1.98. The fourth-order valence-electron chi connectivity index (χ4n) is 1.24. The number of aromatic nitrogens is 3. The zero-order valence-corrected chi connectivity index (χ0v) is 9.50. The summed E-state index contributed by atoms with van der Waals surface area (Å²) in [6.07, 6.45) is 2.38. The number of aliphatic hydroxyl groups excluding tert-OH is 1. The molecule has 0 saturated heterocycles. The van der Waals surface area contributed by atoms with Crippen LogP contribution < -0.4 is 0 Å². The van der Waals surface area contributed by atoms with Gasteiger partial charge in [-0.05, 0) is 12.1 Å². The Labute approximate surface area is 96.1 Å². The molecule has 0 radical (unpaired) electrons. The summed E-state index contributed by atoms with van der Waals surface area (Å²) in [5.74, 6) is 0. The van der Waals surface area contributed by atoms with Gasteiger partial charge in [0.15, 0.2) is 0 Å². The highest BCUT2D eigenvalue weighted by Crippen LogP contribution is 2.21. The maximum Gasteiger partial charge on any atom is 0.0931 e. The molecule has 15 heavy (non-hydrogen) atoms. The summed E-state index contributed by atoms with van der Waals surface area (Å²) in [5, 5.41) is 16.6. The van der Waals surface area contributed by atoms with E-state index >= 15 is 0 Å². The minimum atomic E-state index is 0.101. The van der Waals surface area contributed by atoms with E-state index in [1.54, 1.807) is 4.68 Å². The van der Waals surface area contributed by atoms with Crippen LogP contribution in [0.25, 0.3) is 0 Å². The predicted molar refractivity (Wildman–Crippen MR) is 59.2 cm³/mol. The first-order valence-electron chi connectivity index (χ1n) is 4.52. The highest BCUT2D eigenvalue weighted by molar-refractivity contribution is 7.16. The summed E-state index contributed by atoms with van der Waals surface area (Å²) in [5.41, 5.74) is 0.806. The van der Waals surface area contributed by atoms with Gasteiger partial charge in [-0.15, -0.1) is 16.4 Å². The van der Waals surface area contributed by atoms with Crippen LogP contribution in [-0.2, 0) is 13.0 Å². The molecule has 2 rings (SSSR count). The summed E-state index contributed by atoms with van der Waals surface area (Å²) in [7, 11) is 0. The lowest BCUT2D eigenvalue weighted by molar-refractivity contribution is 0.298. The summed E-state index contributed by atoms with van der Waals surface area (Å²) >= 11 is 7.35. The topological polar surface area (TPSA) is 50.9 Å². The van der Waals surface area contributed by atoms with Crippen molar-refractivity contribution in [3.05, 3.63) is 33.2 Å². The highest BCUT2D eigenvalue weighted by atomic mass is 35.5. The fourth-order valence-corrected chi connectivity index (χ4v) is 2.32. The molecule has 2 aromatic heterocycles. The van der Waals surface area contributed by atoms with Gasteiger partial charge < -0.3 is 5.11 Å². The smallest absolute Gasteiger partial charge is 0.0931 e. The maximum atomic E-state index is 8.73. The van der Waals surface area contributed by atoms with Gasteiger partial charge in [-0.2, -0.15) is 0 Å². The predicted octanol–water partition coefficient (Wildman–Crippen LogP) is 1.58. The molecule has 0 spiro atoms. The first-order valence-corrected chi connectivity index (χ1v) is 5.71. The molecule has 4 nitrogen and oxygen atoms in total. The van der Waals surface area contributed by atoms with E-state index in [0.29, 0.717) is 13.0 Å². The molecule has 80 valence electrons. The number of aliphatic hydroxyl groups is 1. The average Bonchev–Trinajstić information content (AvgIpc) is 2.78. The second-order valence-electron chi connectivity index (χ2n) is 3.09. The standard InChI is InChI=1S/C9H10ClN3OS/c10-9-2-1-8(15-9)6-13-5-7(3-4-14)11-12-13/h1-2,5,14H,3-4,6H2. The van der Waals surface area contributed by atoms with Crippen LogP contribution in [0.1, 0.15) is 10.6 Å². The molecule has 2 aromatic rings. The number of hydrogen-bond donors (Lipinski definition) is 1. The second-order valence-corrected chi connectivity index (χ2v) is 4.89. The highest BCUT2D eigenvalue weighted by Gasteiger charge is 2.02. The van der Waals surface area contributed by atoms with Gasteiger partial charge in [0.1, 0.15) is 0 Å². The van der Waals surface area contributed by atoms with E-state index < -0.39 is 0 Å². The monoisotopic (exact) mass is 243 g/mol. The van der Waals surface area contributed by atoms with Crippen LogP contribution in [0.15, 0.2) is 18.3 Å². The van der Waals surface area contributed by atoms with Crippen LogP contribution in [0.4, 0.5) is 0 Å². The number of halogens is 1. The van der Waals surface area contributed by atoms with Crippen LogP contribution in [0.5, 0.6) is 0 Å². The van der Waals surface area contributed by atoms with Gasteiger partial charge in [-0.3, -0.25) is 0 Å². The fraction of sp³-hybridized carbons (Fsp3) is 0.333. The number of thiophene rings is 1. The Morgan fingerprint density at radius 1 is 1.47 bits per heavy atom. The largest absolute Gasteiger partial charge is 0.396 e. The Kier molecular flexibility index (Phi) is 3.35. The summed E-state index contributed by atoms with van der Waals surface area (Å²) < 4.78 is 2.52. The lowest BCUT2D eigenvalue weighted by Gasteiger charge is -1.94. The molecule has 1 N–H and O–H groups in total. The minimum absolute atomic E-state index is 0.101.